The van der Waals surface area contributed by atoms with Crippen molar-refractivity contribution in [3.8, 4) is 22.3 Å². The number of aliphatic hydroxyl groups excluding tert-OH is 1. The summed E-state index contributed by atoms with van der Waals surface area (Å²) < 4.78 is 34.4. The van der Waals surface area contributed by atoms with Gasteiger partial charge in [0.05, 0.1) is 72.7 Å². The van der Waals surface area contributed by atoms with Crippen molar-refractivity contribution in [3.05, 3.63) is 81.9 Å². The molecule has 0 spiro atoms. The normalized spacial score (nSPS) is 17.8. The van der Waals surface area contributed by atoms with Crippen LogP contribution in [0.5, 0.6) is 0 Å². The number of hydrogen-bond acceptors (Lipinski definition) is 7. The lowest BCUT2D eigenvalue weighted by Crippen LogP contribution is -2.32. The highest BCUT2D eigenvalue weighted by Crippen LogP contribution is 2.49. The first-order valence-corrected chi connectivity index (χ1v) is 14.8. The van der Waals surface area contributed by atoms with E-state index in [0.717, 1.165) is 51.8 Å². The maximum atomic E-state index is 10.7. The fraction of sp³-hybridized carbons (Fsp3) is 0.486. The smallest absolute Gasteiger partial charge is 0.0718 e. The van der Waals surface area contributed by atoms with E-state index in [0.29, 0.717) is 66.1 Å². The van der Waals surface area contributed by atoms with Crippen molar-refractivity contribution in [2.75, 3.05) is 67.1 Å². The van der Waals surface area contributed by atoms with Crippen LogP contribution in [0.4, 0.5) is 0 Å². The number of methoxy groups -OCH3 is 2. The molecule has 42 heavy (non-hydrogen) atoms. The lowest BCUT2D eigenvalue weighted by molar-refractivity contribution is -0.00618. The van der Waals surface area contributed by atoms with Crippen LogP contribution in [0.3, 0.4) is 0 Å². The topological polar surface area (TPSA) is 75.6 Å². The summed E-state index contributed by atoms with van der Waals surface area (Å²) in [6, 6.07) is 17.3. The number of aliphatic hydroxyl groups is 1. The van der Waals surface area contributed by atoms with Gasteiger partial charge in [-0.25, -0.2) is 0 Å². The van der Waals surface area contributed by atoms with Crippen LogP contribution in [-0.4, -0.2) is 72.2 Å². The predicted octanol–water partition coefficient (Wildman–Crippen LogP) is 5.28. The Kier molecular flexibility index (Phi) is 10.8. The van der Waals surface area contributed by atoms with Gasteiger partial charge in [-0.05, 0) is 75.4 Å². The van der Waals surface area contributed by atoms with E-state index < -0.39 is 0 Å². The Balaban J connectivity index is 1.61. The maximum Gasteiger partial charge on any atom is 0.0718 e. The van der Waals surface area contributed by atoms with Crippen molar-refractivity contribution in [2.24, 2.45) is 5.41 Å². The first kappa shape index (κ1) is 30.8. The highest BCUT2D eigenvalue weighted by atomic mass is 16.6. The number of ether oxygens (including phenoxy) is 6. The van der Waals surface area contributed by atoms with Gasteiger partial charge in [-0.3, -0.25) is 0 Å². The van der Waals surface area contributed by atoms with Gasteiger partial charge in [0.1, 0.15) is 0 Å². The summed E-state index contributed by atoms with van der Waals surface area (Å²) in [5, 5.41) is 10.7. The van der Waals surface area contributed by atoms with E-state index in [1.54, 1.807) is 14.2 Å². The van der Waals surface area contributed by atoms with Gasteiger partial charge in [0, 0.05) is 19.6 Å². The van der Waals surface area contributed by atoms with Crippen LogP contribution < -0.4 is 0 Å². The van der Waals surface area contributed by atoms with E-state index in [4.69, 9.17) is 28.4 Å². The third kappa shape index (κ3) is 6.95. The van der Waals surface area contributed by atoms with Crippen molar-refractivity contribution in [3.63, 3.8) is 0 Å². The molecule has 3 aromatic carbocycles. The molecule has 0 fully saturated rings. The summed E-state index contributed by atoms with van der Waals surface area (Å²) in [4.78, 5) is 0. The Bertz CT molecular complexity index is 1290. The first-order chi connectivity index (χ1) is 20.6. The standard InChI is InChI=1S/C35H44O7/c1-25-32(20-36)30-18-35(23-37-2,24-38-3)19-31(30)34-29-10-6-27(7-11-29)22-42-17-15-40-13-12-39-14-16-41-21-26-4-8-28(9-5-26)33(25)34/h4-11,36H,12-24H2,1-3H3. The van der Waals surface area contributed by atoms with Crippen LogP contribution in [0.2, 0.25) is 0 Å². The van der Waals surface area contributed by atoms with Crippen LogP contribution in [0.1, 0.15) is 33.4 Å². The second-order valence-electron chi connectivity index (χ2n) is 11.4. The van der Waals surface area contributed by atoms with Crippen LogP contribution >= 0.6 is 0 Å². The third-order valence-electron chi connectivity index (χ3n) is 8.41. The highest BCUT2D eigenvalue weighted by molar-refractivity contribution is 5.90. The zero-order chi connectivity index (χ0) is 29.4. The molecule has 1 aliphatic carbocycles. The molecule has 3 aliphatic heterocycles. The Hall–Kier alpha value is -2.62. The quantitative estimate of drug-likeness (QED) is 0.443. The summed E-state index contributed by atoms with van der Waals surface area (Å²) in [6.07, 6.45) is 1.63. The molecule has 0 saturated heterocycles. The minimum atomic E-state index is -0.182. The molecular weight excluding hydrogens is 532 g/mol. The van der Waals surface area contributed by atoms with Gasteiger partial charge in [-0.2, -0.15) is 0 Å². The minimum absolute atomic E-state index is 0.00846. The van der Waals surface area contributed by atoms with Crippen molar-refractivity contribution in [1.29, 1.82) is 0 Å². The molecular formula is C35H44O7. The SMILES string of the molecule is COCC1(COC)Cc2c(CO)c(C)c3c(c2C1)-c1ccc(cc1)COCCOCCOCCOCc1ccc-3cc1. The lowest BCUT2D eigenvalue weighted by atomic mass is 9.82. The van der Waals surface area contributed by atoms with Crippen molar-refractivity contribution in [1.82, 2.24) is 0 Å². The van der Waals surface area contributed by atoms with E-state index in [1.165, 1.54) is 16.7 Å². The van der Waals surface area contributed by atoms with Crippen LogP contribution in [-0.2, 0) is 61.1 Å². The molecule has 4 aliphatic rings. The largest absolute Gasteiger partial charge is 0.392 e. The predicted molar refractivity (Wildman–Crippen MR) is 163 cm³/mol. The lowest BCUT2D eigenvalue weighted by Gasteiger charge is -2.27. The average molecular weight is 577 g/mol. The van der Waals surface area contributed by atoms with E-state index in [1.807, 2.05) is 0 Å². The third-order valence-corrected chi connectivity index (χ3v) is 8.41. The summed E-state index contributed by atoms with van der Waals surface area (Å²) in [7, 11) is 3.50. The van der Waals surface area contributed by atoms with Gasteiger partial charge in [0.25, 0.3) is 0 Å². The number of rotatable bonds is 5. The van der Waals surface area contributed by atoms with Crippen molar-refractivity contribution in [2.45, 2.75) is 39.6 Å². The first-order valence-electron chi connectivity index (χ1n) is 14.8. The van der Waals surface area contributed by atoms with Crippen LogP contribution in [0.15, 0.2) is 48.5 Å². The summed E-state index contributed by atoms with van der Waals surface area (Å²) >= 11 is 0. The highest BCUT2D eigenvalue weighted by Gasteiger charge is 2.41. The van der Waals surface area contributed by atoms with Crippen molar-refractivity contribution < 1.29 is 33.5 Å². The molecule has 4 bridgehead atoms. The molecule has 3 aromatic rings. The second kappa shape index (κ2) is 14.7. The molecule has 0 radical (unpaired) electrons. The summed E-state index contributed by atoms with van der Waals surface area (Å²) in [5.74, 6) is 0. The van der Waals surface area contributed by atoms with Gasteiger partial charge >= 0.3 is 0 Å². The van der Waals surface area contributed by atoms with Crippen LogP contribution in [0.25, 0.3) is 22.3 Å². The molecule has 0 saturated carbocycles. The Labute approximate surface area is 249 Å². The number of hydrogen-bond donors (Lipinski definition) is 1. The van der Waals surface area contributed by atoms with E-state index >= 15 is 0 Å². The molecule has 0 amide bonds. The molecule has 7 rings (SSSR count). The molecule has 226 valence electrons. The van der Waals surface area contributed by atoms with Gasteiger partial charge < -0.3 is 33.5 Å². The zero-order valence-corrected chi connectivity index (χ0v) is 25.2. The average Bonchev–Trinajstić information content (AvgIpc) is 3.36. The van der Waals surface area contributed by atoms with Gasteiger partial charge in [-0.15, -0.1) is 0 Å². The van der Waals surface area contributed by atoms with Gasteiger partial charge in [-0.1, -0.05) is 48.5 Å². The molecule has 7 nitrogen and oxygen atoms in total. The Morgan fingerprint density at radius 1 is 0.643 bits per heavy atom. The van der Waals surface area contributed by atoms with Crippen molar-refractivity contribution >= 4 is 0 Å². The molecule has 0 atom stereocenters. The number of fused-ring (bicyclic) bond motifs is 3. The fourth-order valence-electron chi connectivity index (χ4n) is 6.49. The molecule has 1 N–H and O–H groups in total. The monoisotopic (exact) mass is 576 g/mol. The molecule has 0 aromatic heterocycles. The second-order valence-corrected chi connectivity index (χ2v) is 11.4. The Morgan fingerprint density at radius 2 is 1.10 bits per heavy atom. The molecule has 3 heterocycles. The summed E-state index contributed by atoms with van der Waals surface area (Å²) in [5.41, 5.74) is 11.3. The van der Waals surface area contributed by atoms with E-state index in [2.05, 4.69) is 55.5 Å². The van der Waals surface area contributed by atoms with Crippen LogP contribution in [0, 0.1) is 12.3 Å². The zero-order valence-electron chi connectivity index (χ0n) is 25.2. The maximum absolute atomic E-state index is 10.7. The minimum Gasteiger partial charge on any atom is -0.392 e. The number of benzene rings is 3. The van der Waals surface area contributed by atoms with Gasteiger partial charge in [0.2, 0.25) is 0 Å². The van der Waals surface area contributed by atoms with Gasteiger partial charge in [0.15, 0.2) is 0 Å². The van der Waals surface area contributed by atoms with E-state index in [-0.39, 0.29) is 12.0 Å². The fourth-order valence-corrected chi connectivity index (χ4v) is 6.49. The molecule has 7 heteroatoms. The summed E-state index contributed by atoms with van der Waals surface area (Å²) in [6.45, 7) is 7.56. The molecule has 0 unspecified atom stereocenters. The van der Waals surface area contributed by atoms with E-state index in [9.17, 15) is 5.11 Å². The Morgan fingerprint density at radius 3 is 1.57 bits per heavy atom.